The summed E-state index contributed by atoms with van der Waals surface area (Å²) in [5.41, 5.74) is 6.03. The summed E-state index contributed by atoms with van der Waals surface area (Å²) in [5.74, 6) is -1.68. The van der Waals surface area contributed by atoms with E-state index in [4.69, 9.17) is 9.47 Å². The number of Topliss-reactive ketones (excluding diaryl/α,β-unsaturated/α-hetero) is 4. The second kappa shape index (κ2) is 11.9. The Morgan fingerprint density at radius 3 is 1.26 bits per heavy atom. The normalized spacial score (nSPS) is 12.4. The van der Waals surface area contributed by atoms with Crippen molar-refractivity contribution in [2.45, 2.75) is 19.3 Å². The maximum atomic E-state index is 12.1. The van der Waals surface area contributed by atoms with E-state index < -0.39 is 28.5 Å². The lowest BCUT2D eigenvalue weighted by Gasteiger charge is -2.34. The zero-order chi connectivity index (χ0) is 30.7. The van der Waals surface area contributed by atoms with E-state index in [9.17, 15) is 19.2 Å². The molecule has 43 heavy (non-hydrogen) atoms. The van der Waals surface area contributed by atoms with Crippen molar-refractivity contribution >= 4 is 23.1 Å². The number of allylic oxidation sites excluding steroid dienone is 2. The molecule has 0 saturated carbocycles. The summed E-state index contributed by atoms with van der Waals surface area (Å²) < 4.78 is 11.3. The van der Waals surface area contributed by atoms with Gasteiger partial charge in [-0.2, -0.15) is 0 Å². The minimum Gasteiger partial charge on any atom is -0.485 e. The quantitative estimate of drug-likeness (QED) is 0.130. The van der Waals surface area contributed by atoms with Crippen LogP contribution in [0.1, 0.15) is 36.1 Å². The highest BCUT2D eigenvalue weighted by Gasteiger charge is 2.45. The number of benzene rings is 4. The maximum Gasteiger partial charge on any atom is 0.240 e. The number of hydrogen-bond donors (Lipinski definition) is 0. The monoisotopic (exact) mass is 570 g/mol. The third-order valence-corrected chi connectivity index (χ3v) is 7.55. The van der Waals surface area contributed by atoms with Gasteiger partial charge in [0.1, 0.15) is 11.5 Å². The number of ether oxygens (including phenoxy) is 2. The molecule has 0 atom stereocenters. The van der Waals surface area contributed by atoms with E-state index in [1.165, 1.54) is 13.8 Å². The Balaban J connectivity index is 1.53. The van der Waals surface area contributed by atoms with Crippen molar-refractivity contribution in [1.82, 2.24) is 0 Å². The molecule has 6 nitrogen and oxygen atoms in total. The molecule has 0 amide bonds. The first-order valence-corrected chi connectivity index (χ1v) is 13.8. The van der Waals surface area contributed by atoms with Gasteiger partial charge < -0.3 is 9.47 Å². The van der Waals surface area contributed by atoms with Crippen LogP contribution in [0.3, 0.4) is 0 Å². The summed E-state index contributed by atoms with van der Waals surface area (Å²) >= 11 is 0. The van der Waals surface area contributed by atoms with Gasteiger partial charge in [0.15, 0.2) is 13.2 Å². The molecule has 0 aliphatic heterocycles. The fourth-order valence-corrected chi connectivity index (χ4v) is 5.53. The Kier molecular flexibility index (Phi) is 8.04. The molecule has 4 aromatic rings. The number of fused-ring (bicyclic) bond motifs is 3. The van der Waals surface area contributed by atoms with Gasteiger partial charge in [-0.15, -0.1) is 0 Å². The fraction of sp³-hybridized carbons (Fsp3) is 0.135. The van der Waals surface area contributed by atoms with Crippen LogP contribution < -0.4 is 9.47 Å². The second-order valence-electron chi connectivity index (χ2n) is 10.5. The van der Waals surface area contributed by atoms with Crippen LogP contribution in [-0.4, -0.2) is 36.3 Å². The van der Waals surface area contributed by atoms with Crippen LogP contribution in [0, 0.1) is 0 Å². The van der Waals surface area contributed by atoms with Crippen molar-refractivity contribution in [2.75, 3.05) is 13.2 Å². The van der Waals surface area contributed by atoms with Crippen LogP contribution in [-0.2, 0) is 24.6 Å². The van der Waals surface area contributed by atoms with E-state index in [1.54, 1.807) is 24.3 Å². The number of hydrogen-bond acceptors (Lipinski definition) is 6. The van der Waals surface area contributed by atoms with Gasteiger partial charge in [0.25, 0.3) is 0 Å². The van der Waals surface area contributed by atoms with E-state index in [-0.39, 0.29) is 24.4 Å². The Morgan fingerprint density at radius 1 is 0.558 bits per heavy atom. The maximum absolute atomic E-state index is 12.1. The molecular formula is C37H30O6. The fourth-order valence-electron chi connectivity index (χ4n) is 5.53. The lowest BCUT2D eigenvalue weighted by Crippen LogP contribution is -2.28. The topological polar surface area (TPSA) is 86.7 Å². The highest BCUT2D eigenvalue weighted by molar-refractivity contribution is 6.44. The van der Waals surface area contributed by atoms with Gasteiger partial charge >= 0.3 is 0 Å². The van der Waals surface area contributed by atoms with Crippen LogP contribution in [0.4, 0.5) is 0 Å². The molecule has 0 spiro atoms. The SMILES string of the molecule is C=C(C)C(=O)C(=O)COc1ccc(C2(c3ccc(OCC(=O)C(=O)C(=C)C)cc3)c3ccccc3-c3ccccc32)cc1. The van der Waals surface area contributed by atoms with Gasteiger partial charge in [-0.05, 0) is 82.6 Å². The highest BCUT2D eigenvalue weighted by Crippen LogP contribution is 2.56. The van der Waals surface area contributed by atoms with Gasteiger partial charge in [0.05, 0.1) is 5.41 Å². The molecule has 4 aromatic carbocycles. The Hall–Kier alpha value is -5.36. The molecule has 0 unspecified atom stereocenters. The molecular weight excluding hydrogens is 540 g/mol. The molecule has 5 rings (SSSR count). The average molecular weight is 571 g/mol. The van der Waals surface area contributed by atoms with Crippen LogP contribution in [0.2, 0.25) is 0 Å². The third-order valence-electron chi connectivity index (χ3n) is 7.55. The minimum atomic E-state index is -0.693. The molecule has 0 heterocycles. The van der Waals surface area contributed by atoms with Crippen molar-refractivity contribution in [3.8, 4) is 22.6 Å². The Labute approximate surface area is 250 Å². The van der Waals surface area contributed by atoms with E-state index in [2.05, 4.69) is 37.4 Å². The lowest BCUT2D eigenvalue weighted by molar-refractivity contribution is -0.135. The van der Waals surface area contributed by atoms with Crippen molar-refractivity contribution in [1.29, 1.82) is 0 Å². The first-order valence-electron chi connectivity index (χ1n) is 13.8. The standard InChI is InChI=1S/C37H30O6/c1-23(2)35(40)33(38)21-42-27-17-13-25(14-18-27)37(31-11-7-5-9-29(31)30-10-6-8-12-32(30)37)26-15-19-28(20-16-26)43-22-34(39)36(41)24(3)4/h5-20H,1,3,21-22H2,2,4H3. The van der Waals surface area contributed by atoms with Crippen molar-refractivity contribution in [3.63, 3.8) is 0 Å². The third kappa shape index (κ3) is 5.35. The van der Waals surface area contributed by atoms with Crippen molar-refractivity contribution < 1.29 is 28.7 Å². The van der Waals surface area contributed by atoms with Gasteiger partial charge in [-0.25, -0.2) is 0 Å². The van der Waals surface area contributed by atoms with Gasteiger partial charge in [0, 0.05) is 0 Å². The summed E-state index contributed by atoms with van der Waals surface area (Å²) in [6.07, 6.45) is 0. The van der Waals surface area contributed by atoms with E-state index in [0.717, 1.165) is 33.4 Å². The highest BCUT2D eigenvalue weighted by atomic mass is 16.5. The molecule has 0 saturated heterocycles. The van der Waals surface area contributed by atoms with E-state index >= 15 is 0 Å². The van der Waals surface area contributed by atoms with E-state index in [0.29, 0.717) is 11.5 Å². The largest absolute Gasteiger partial charge is 0.485 e. The summed E-state index contributed by atoms with van der Waals surface area (Å²) in [7, 11) is 0. The summed E-state index contributed by atoms with van der Waals surface area (Å²) in [6.45, 7) is 9.31. The first-order chi connectivity index (χ1) is 20.6. The summed E-state index contributed by atoms with van der Waals surface area (Å²) in [4.78, 5) is 48.1. The minimum absolute atomic E-state index is 0.174. The summed E-state index contributed by atoms with van der Waals surface area (Å²) in [5, 5.41) is 0. The van der Waals surface area contributed by atoms with Crippen LogP contribution >= 0.6 is 0 Å². The molecule has 0 fully saturated rings. The van der Waals surface area contributed by atoms with E-state index in [1.807, 2.05) is 48.5 Å². The first kappa shape index (κ1) is 29.1. The zero-order valence-corrected chi connectivity index (χ0v) is 24.0. The van der Waals surface area contributed by atoms with Crippen molar-refractivity contribution in [2.24, 2.45) is 0 Å². The Morgan fingerprint density at radius 2 is 0.907 bits per heavy atom. The van der Waals surface area contributed by atoms with Gasteiger partial charge in [-0.1, -0.05) is 86.0 Å². The zero-order valence-electron chi connectivity index (χ0n) is 24.0. The van der Waals surface area contributed by atoms with Crippen molar-refractivity contribution in [3.05, 3.63) is 144 Å². The molecule has 214 valence electrons. The predicted octanol–water partition coefficient (Wildman–Crippen LogP) is 6.24. The smallest absolute Gasteiger partial charge is 0.240 e. The number of rotatable bonds is 12. The molecule has 0 aromatic heterocycles. The number of carbonyl (C=O) groups excluding carboxylic acids is 4. The molecule has 6 heteroatoms. The van der Waals surface area contributed by atoms with Crippen LogP contribution in [0.15, 0.2) is 121 Å². The second-order valence-corrected chi connectivity index (χ2v) is 10.5. The predicted molar refractivity (Wildman–Crippen MR) is 164 cm³/mol. The lowest BCUT2D eigenvalue weighted by atomic mass is 9.68. The van der Waals surface area contributed by atoms with Crippen LogP contribution in [0.5, 0.6) is 11.5 Å². The average Bonchev–Trinajstić information content (AvgIpc) is 3.33. The van der Waals surface area contributed by atoms with Gasteiger partial charge in [0.2, 0.25) is 23.1 Å². The number of carbonyl (C=O) groups is 4. The molecule has 0 bridgehead atoms. The molecule has 1 aliphatic rings. The molecule has 0 radical (unpaired) electrons. The Bertz CT molecular complexity index is 1640. The molecule has 0 N–H and O–H groups in total. The van der Waals surface area contributed by atoms with Gasteiger partial charge in [-0.3, -0.25) is 19.2 Å². The van der Waals surface area contributed by atoms with Crippen LogP contribution in [0.25, 0.3) is 11.1 Å². The number of ketones is 4. The molecule has 1 aliphatic carbocycles. The summed E-state index contributed by atoms with van der Waals surface area (Å²) in [6, 6.07) is 31.6.